The Bertz CT molecular complexity index is 1810. The molecule has 3 heterocycles. The number of nitrogens with zero attached hydrogens (tertiary/aromatic N) is 6. The van der Waals surface area contributed by atoms with Gasteiger partial charge in [-0.2, -0.15) is 4.98 Å². The molecule has 4 aromatic rings. The molecule has 12 heteroatoms. The molecule has 51 heavy (non-hydrogen) atoms. The molecule has 2 saturated heterocycles. The van der Waals surface area contributed by atoms with Gasteiger partial charge in [-0.25, -0.2) is 9.78 Å². The highest BCUT2D eigenvalue weighted by atomic mass is 16.6. The first-order valence-corrected chi connectivity index (χ1v) is 17.5. The topological polar surface area (TPSA) is 115 Å². The molecule has 3 aromatic carbocycles. The van der Waals surface area contributed by atoms with Crippen LogP contribution in [0.3, 0.4) is 0 Å². The molecule has 2 aliphatic heterocycles. The molecule has 2 N–H and O–H groups in total. The van der Waals surface area contributed by atoms with E-state index < -0.39 is 5.60 Å². The number of hydrogen-bond donors (Lipinski definition) is 2. The van der Waals surface area contributed by atoms with Crippen molar-refractivity contribution in [2.75, 3.05) is 79.8 Å². The molecule has 0 radical (unpaired) electrons. The van der Waals surface area contributed by atoms with Crippen LogP contribution in [0.1, 0.15) is 42.3 Å². The largest absolute Gasteiger partial charge is 0.444 e. The number of likely N-dealkylation sites (N-methyl/N-ethyl adjacent to an activating group) is 1. The number of para-hydroxylation sites is 1. The van der Waals surface area contributed by atoms with Crippen LogP contribution in [0.4, 0.5) is 33.5 Å². The summed E-state index contributed by atoms with van der Waals surface area (Å²) in [5.41, 5.74) is 5.32. The number of carbonyl (C=O) groups excluding carboxylic acids is 2. The summed E-state index contributed by atoms with van der Waals surface area (Å²) in [6.07, 6.45) is 1.20. The lowest BCUT2D eigenvalue weighted by Gasteiger charge is -2.36. The Labute approximate surface area is 300 Å². The Balaban J connectivity index is 1.18. The smallest absolute Gasteiger partial charge is 0.410 e. The van der Waals surface area contributed by atoms with Crippen LogP contribution in [0.15, 0.2) is 72.9 Å². The van der Waals surface area contributed by atoms with E-state index in [1.54, 1.807) is 4.90 Å². The molecule has 268 valence electrons. The summed E-state index contributed by atoms with van der Waals surface area (Å²) in [5, 5.41) is 6.31. The zero-order chi connectivity index (χ0) is 36.1. The molecule has 6 rings (SSSR count). The first kappa shape index (κ1) is 35.5. The molecule has 0 atom stereocenters. The molecule has 1 aromatic heterocycles. The summed E-state index contributed by atoms with van der Waals surface area (Å²) in [7, 11) is 2.15. The quantitative estimate of drug-likeness (QED) is 0.207. The second-order valence-corrected chi connectivity index (χ2v) is 14.1. The van der Waals surface area contributed by atoms with E-state index in [1.165, 1.54) is 11.9 Å². The lowest BCUT2D eigenvalue weighted by Crippen LogP contribution is -2.50. The van der Waals surface area contributed by atoms with E-state index in [0.29, 0.717) is 37.9 Å². The van der Waals surface area contributed by atoms with Crippen LogP contribution in [-0.2, 0) is 4.74 Å². The van der Waals surface area contributed by atoms with Crippen LogP contribution < -0.4 is 25.2 Å². The van der Waals surface area contributed by atoms with Gasteiger partial charge in [-0.1, -0.05) is 18.2 Å². The van der Waals surface area contributed by atoms with Crippen molar-refractivity contribution < 1.29 is 19.1 Å². The first-order valence-electron chi connectivity index (χ1n) is 17.5. The van der Waals surface area contributed by atoms with Crippen molar-refractivity contribution in [3.8, 4) is 11.6 Å². The van der Waals surface area contributed by atoms with Crippen molar-refractivity contribution in [3.63, 3.8) is 0 Å². The maximum Gasteiger partial charge on any atom is 0.410 e. The highest BCUT2D eigenvalue weighted by Gasteiger charge is 2.26. The minimum absolute atomic E-state index is 0.129. The van der Waals surface area contributed by atoms with E-state index >= 15 is 0 Å². The third-order valence-electron chi connectivity index (χ3n) is 9.06. The fourth-order valence-electron chi connectivity index (χ4n) is 6.11. The van der Waals surface area contributed by atoms with Gasteiger partial charge in [0.25, 0.3) is 5.91 Å². The van der Waals surface area contributed by atoms with Crippen LogP contribution in [0, 0.1) is 13.8 Å². The van der Waals surface area contributed by atoms with E-state index in [1.807, 2.05) is 89.2 Å². The van der Waals surface area contributed by atoms with Crippen molar-refractivity contribution in [1.29, 1.82) is 0 Å². The van der Waals surface area contributed by atoms with Gasteiger partial charge in [0, 0.05) is 81.3 Å². The number of aryl methyl sites for hydroxylation is 2. The van der Waals surface area contributed by atoms with Gasteiger partial charge < -0.3 is 39.7 Å². The number of aromatic nitrogens is 2. The van der Waals surface area contributed by atoms with E-state index in [-0.39, 0.29) is 23.4 Å². The van der Waals surface area contributed by atoms with Gasteiger partial charge in [0.05, 0.1) is 0 Å². The number of nitrogens with one attached hydrogen (secondary N) is 2. The highest BCUT2D eigenvalue weighted by molar-refractivity contribution is 6.06. The molecule has 0 unspecified atom stereocenters. The summed E-state index contributed by atoms with van der Waals surface area (Å²) in [5.74, 6) is 0.586. The zero-order valence-electron chi connectivity index (χ0n) is 30.4. The van der Waals surface area contributed by atoms with Crippen LogP contribution in [0.2, 0.25) is 0 Å². The second kappa shape index (κ2) is 15.3. The minimum Gasteiger partial charge on any atom is -0.444 e. The lowest BCUT2D eigenvalue weighted by atomic mass is 10.1. The number of rotatable bonds is 8. The van der Waals surface area contributed by atoms with Crippen LogP contribution >= 0.6 is 0 Å². The zero-order valence-corrected chi connectivity index (χ0v) is 30.4. The highest BCUT2D eigenvalue weighted by Crippen LogP contribution is 2.30. The Morgan fingerprint density at radius 2 is 1.33 bits per heavy atom. The summed E-state index contributed by atoms with van der Waals surface area (Å²) in [6.45, 7) is 16.1. The fourth-order valence-corrected chi connectivity index (χ4v) is 6.11. The van der Waals surface area contributed by atoms with E-state index in [4.69, 9.17) is 9.47 Å². The Kier molecular flexibility index (Phi) is 10.6. The summed E-state index contributed by atoms with van der Waals surface area (Å²) < 4.78 is 11.8. The van der Waals surface area contributed by atoms with Gasteiger partial charge in [-0.05, 0) is 101 Å². The molecular weight excluding hydrogens is 644 g/mol. The van der Waals surface area contributed by atoms with Crippen molar-refractivity contribution in [3.05, 3.63) is 89.6 Å². The Hall–Kier alpha value is -5.36. The SMILES string of the molecule is Cc1cccc(C)c1NC(=O)c1cnc(Nc2ccc(N3CCN(C)CC3)cc2)nc1Oc1ccc(N2CCN(C(=O)OC(C)(C)C)CC2)cc1. The average Bonchev–Trinajstić information content (AvgIpc) is 3.10. The maximum atomic E-state index is 13.7. The van der Waals surface area contributed by atoms with Gasteiger partial charge in [-0.3, -0.25) is 4.79 Å². The van der Waals surface area contributed by atoms with Crippen LogP contribution in [-0.4, -0.2) is 96.8 Å². The molecule has 12 nitrogen and oxygen atoms in total. The van der Waals surface area contributed by atoms with Gasteiger partial charge in [0.2, 0.25) is 11.8 Å². The standard InChI is InChI=1S/C39H48N8O4/c1-27-8-7-9-28(2)34(27)42-35(48)33-26-40-37(41-29-10-12-30(13-11-29)45-20-18-44(6)19-21-45)43-36(33)50-32-16-14-31(15-17-32)46-22-24-47(25-23-46)38(49)51-39(3,4)5/h7-17,26H,18-25H2,1-6H3,(H,42,48)(H,40,41,43). The van der Waals surface area contributed by atoms with Gasteiger partial charge in [-0.15, -0.1) is 0 Å². The first-order chi connectivity index (χ1) is 24.4. The number of carbonyl (C=O) groups is 2. The maximum absolute atomic E-state index is 13.7. The molecule has 2 aliphatic rings. The lowest BCUT2D eigenvalue weighted by molar-refractivity contribution is 0.0240. The molecule has 0 aliphatic carbocycles. The molecule has 2 fully saturated rings. The number of anilines is 5. The Morgan fingerprint density at radius 1 is 0.765 bits per heavy atom. The van der Waals surface area contributed by atoms with E-state index in [2.05, 4.69) is 54.5 Å². The number of benzene rings is 3. The third kappa shape index (κ3) is 9.06. The number of piperazine rings is 2. The van der Waals surface area contributed by atoms with Crippen molar-refractivity contribution in [2.24, 2.45) is 0 Å². The molecule has 2 amide bonds. The fraction of sp³-hybridized carbons (Fsp3) is 0.385. The number of hydrogen-bond acceptors (Lipinski definition) is 10. The van der Waals surface area contributed by atoms with Gasteiger partial charge in [0.1, 0.15) is 16.9 Å². The third-order valence-corrected chi connectivity index (χ3v) is 9.06. The van der Waals surface area contributed by atoms with Crippen molar-refractivity contribution in [1.82, 2.24) is 19.8 Å². The summed E-state index contributed by atoms with van der Waals surface area (Å²) >= 11 is 0. The summed E-state index contributed by atoms with van der Waals surface area (Å²) in [6, 6.07) is 21.7. The molecule has 0 bridgehead atoms. The van der Waals surface area contributed by atoms with Crippen LogP contribution in [0.5, 0.6) is 11.6 Å². The summed E-state index contributed by atoms with van der Waals surface area (Å²) in [4.78, 5) is 44.0. The molecular formula is C39H48N8O4. The average molecular weight is 693 g/mol. The molecule has 0 spiro atoms. The van der Waals surface area contributed by atoms with Crippen molar-refractivity contribution >= 4 is 40.7 Å². The predicted molar refractivity (Wildman–Crippen MR) is 202 cm³/mol. The number of amides is 2. The predicted octanol–water partition coefficient (Wildman–Crippen LogP) is 6.69. The van der Waals surface area contributed by atoms with Crippen molar-refractivity contribution in [2.45, 2.75) is 40.2 Å². The van der Waals surface area contributed by atoms with E-state index in [9.17, 15) is 9.59 Å². The number of ether oxygens (including phenoxy) is 2. The monoisotopic (exact) mass is 692 g/mol. The van der Waals surface area contributed by atoms with Gasteiger partial charge >= 0.3 is 6.09 Å². The van der Waals surface area contributed by atoms with Gasteiger partial charge in [0.15, 0.2) is 0 Å². The second-order valence-electron chi connectivity index (χ2n) is 14.1. The van der Waals surface area contributed by atoms with Crippen LogP contribution in [0.25, 0.3) is 0 Å². The minimum atomic E-state index is -0.527. The molecule has 0 saturated carbocycles. The Morgan fingerprint density at radius 3 is 1.92 bits per heavy atom. The van der Waals surface area contributed by atoms with E-state index in [0.717, 1.165) is 54.4 Å². The normalized spacial score (nSPS) is 15.4.